The molecule has 0 aromatic carbocycles. The first-order chi connectivity index (χ1) is 9.80. The molecule has 1 N–H and O–H groups in total. The number of carbonyl (C=O) groups excluding carboxylic acids is 1. The van der Waals surface area contributed by atoms with Crippen molar-refractivity contribution in [3.63, 3.8) is 0 Å². The lowest BCUT2D eigenvalue weighted by Gasteiger charge is -2.38. The third-order valence-corrected chi connectivity index (χ3v) is 3.67. The lowest BCUT2D eigenvalue weighted by Crippen LogP contribution is -2.58. The van der Waals surface area contributed by atoms with E-state index in [1.54, 1.807) is 19.1 Å². The van der Waals surface area contributed by atoms with Crippen LogP contribution in [0.3, 0.4) is 0 Å². The standard InChI is InChI=1S/C14H19F3N2O2/c1-13(6-2-3-7-18-13)12(20)19(10-14(15,16)17)9-11-5-4-8-21-11/h4-5,8,18H,2-3,6-7,9-10H2,1H3. The molecule has 1 unspecified atom stereocenters. The summed E-state index contributed by atoms with van der Waals surface area (Å²) < 4.78 is 43.3. The summed E-state index contributed by atoms with van der Waals surface area (Å²) in [5, 5.41) is 3.05. The number of amides is 1. The Labute approximate surface area is 121 Å². The van der Waals surface area contributed by atoms with E-state index < -0.39 is 24.2 Å². The van der Waals surface area contributed by atoms with Gasteiger partial charge in [-0.2, -0.15) is 13.2 Å². The molecule has 1 amide bonds. The molecule has 1 aliphatic rings. The van der Waals surface area contributed by atoms with Gasteiger partial charge < -0.3 is 14.6 Å². The van der Waals surface area contributed by atoms with Gasteiger partial charge in [0.2, 0.25) is 5.91 Å². The van der Waals surface area contributed by atoms with Gasteiger partial charge in [-0.05, 0) is 44.9 Å². The Kier molecular flexibility index (Phi) is 4.61. The molecule has 1 saturated heterocycles. The van der Waals surface area contributed by atoms with E-state index in [1.807, 2.05) is 0 Å². The van der Waals surface area contributed by atoms with Crippen LogP contribution in [0.1, 0.15) is 31.9 Å². The van der Waals surface area contributed by atoms with Crippen LogP contribution in [0.5, 0.6) is 0 Å². The number of hydrogen-bond acceptors (Lipinski definition) is 3. The normalized spacial score (nSPS) is 23.0. The summed E-state index contributed by atoms with van der Waals surface area (Å²) in [5.74, 6) is -0.192. The third kappa shape index (κ3) is 4.23. The van der Waals surface area contributed by atoms with Crippen LogP contribution in [0.2, 0.25) is 0 Å². The molecule has 1 fully saturated rings. The second-order valence-electron chi connectivity index (χ2n) is 5.57. The van der Waals surface area contributed by atoms with Crippen molar-refractivity contribution >= 4 is 5.91 Å². The zero-order valence-electron chi connectivity index (χ0n) is 11.9. The molecule has 118 valence electrons. The molecule has 2 heterocycles. The Morgan fingerprint density at radius 3 is 2.76 bits per heavy atom. The van der Waals surface area contributed by atoms with Gasteiger partial charge in [0.1, 0.15) is 12.3 Å². The first kappa shape index (κ1) is 15.9. The minimum atomic E-state index is -4.44. The maximum Gasteiger partial charge on any atom is 0.406 e. The smallest absolute Gasteiger partial charge is 0.406 e. The molecule has 0 bridgehead atoms. The molecule has 2 rings (SSSR count). The average Bonchev–Trinajstić information content (AvgIpc) is 2.89. The summed E-state index contributed by atoms with van der Waals surface area (Å²) in [6.07, 6.45) is -0.756. The van der Waals surface area contributed by atoms with Crippen molar-refractivity contribution in [1.29, 1.82) is 0 Å². The summed E-state index contributed by atoms with van der Waals surface area (Å²) in [6.45, 7) is 0.856. The zero-order valence-corrected chi connectivity index (χ0v) is 11.9. The van der Waals surface area contributed by atoms with Gasteiger partial charge in [0.15, 0.2) is 0 Å². The first-order valence-electron chi connectivity index (χ1n) is 6.94. The highest BCUT2D eigenvalue weighted by Gasteiger charge is 2.41. The van der Waals surface area contributed by atoms with Crippen LogP contribution in [0.4, 0.5) is 13.2 Å². The molecule has 0 spiro atoms. The van der Waals surface area contributed by atoms with Crippen LogP contribution in [0.15, 0.2) is 22.8 Å². The Morgan fingerprint density at radius 2 is 2.24 bits per heavy atom. The van der Waals surface area contributed by atoms with E-state index in [9.17, 15) is 18.0 Å². The summed E-state index contributed by atoms with van der Waals surface area (Å²) in [5.41, 5.74) is -0.934. The highest BCUT2D eigenvalue weighted by atomic mass is 19.4. The van der Waals surface area contributed by atoms with Crippen LogP contribution in [0, 0.1) is 0 Å². The minimum Gasteiger partial charge on any atom is -0.467 e. The van der Waals surface area contributed by atoms with E-state index >= 15 is 0 Å². The van der Waals surface area contributed by atoms with Crippen molar-refractivity contribution in [2.24, 2.45) is 0 Å². The van der Waals surface area contributed by atoms with Crippen molar-refractivity contribution in [1.82, 2.24) is 10.2 Å². The number of rotatable bonds is 4. The average molecular weight is 304 g/mol. The zero-order chi connectivity index (χ0) is 15.5. The highest BCUT2D eigenvalue weighted by molar-refractivity contribution is 5.86. The molecule has 1 atom stereocenters. The molecule has 0 aliphatic carbocycles. The maximum absolute atomic E-state index is 12.7. The Balaban J connectivity index is 2.15. The van der Waals surface area contributed by atoms with Gasteiger partial charge in [-0.1, -0.05) is 0 Å². The maximum atomic E-state index is 12.7. The number of piperidine rings is 1. The Hall–Kier alpha value is -1.50. The van der Waals surface area contributed by atoms with Gasteiger partial charge in [0.25, 0.3) is 0 Å². The van der Waals surface area contributed by atoms with Gasteiger partial charge >= 0.3 is 6.18 Å². The molecule has 0 saturated carbocycles. The van der Waals surface area contributed by atoms with Crippen LogP contribution in [0.25, 0.3) is 0 Å². The van der Waals surface area contributed by atoms with Crippen molar-refractivity contribution in [3.05, 3.63) is 24.2 Å². The van der Waals surface area contributed by atoms with Crippen LogP contribution < -0.4 is 5.32 Å². The molecule has 4 nitrogen and oxygen atoms in total. The number of carbonyl (C=O) groups is 1. The van der Waals surface area contributed by atoms with Crippen LogP contribution >= 0.6 is 0 Å². The predicted octanol–water partition coefficient (Wildman–Crippen LogP) is 2.70. The first-order valence-corrected chi connectivity index (χ1v) is 6.94. The predicted molar refractivity (Wildman–Crippen MR) is 70.4 cm³/mol. The Bertz CT molecular complexity index is 465. The number of halogens is 3. The van der Waals surface area contributed by atoms with E-state index in [4.69, 9.17) is 4.42 Å². The fourth-order valence-electron chi connectivity index (χ4n) is 2.59. The van der Waals surface area contributed by atoms with Gasteiger partial charge in [-0.15, -0.1) is 0 Å². The quantitative estimate of drug-likeness (QED) is 0.930. The largest absolute Gasteiger partial charge is 0.467 e. The number of furan rings is 1. The SMILES string of the molecule is CC1(C(=O)N(Cc2ccco2)CC(F)(F)F)CCCCN1. The second-order valence-corrected chi connectivity index (χ2v) is 5.57. The molecular weight excluding hydrogens is 285 g/mol. The van der Waals surface area contributed by atoms with E-state index in [-0.39, 0.29) is 6.54 Å². The summed E-state index contributed by atoms with van der Waals surface area (Å²) in [7, 11) is 0. The van der Waals surface area contributed by atoms with E-state index in [0.29, 0.717) is 18.7 Å². The highest BCUT2D eigenvalue weighted by Crippen LogP contribution is 2.25. The van der Waals surface area contributed by atoms with Gasteiger partial charge in [0, 0.05) is 0 Å². The molecule has 0 radical (unpaired) electrons. The van der Waals surface area contributed by atoms with Gasteiger partial charge in [-0.3, -0.25) is 4.79 Å². The minimum absolute atomic E-state index is 0.178. The fourth-order valence-corrected chi connectivity index (χ4v) is 2.59. The number of alkyl halides is 3. The van der Waals surface area contributed by atoms with E-state index in [0.717, 1.165) is 17.7 Å². The van der Waals surface area contributed by atoms with Crippen molar-refractivity contribution in [2.75, 3.05) is 13.1 Å². The number of hydrogen-bond donors (Lipinski definition) is 1. The van der Waals surface area contributed by atoms with Crippen molar-refractivity contribution in [2.45, 2.75) is 44.4 Å². The molecular formula is C14H19F3N2O2. The molecule has 21 heavy (non-hydrogen) atoms. The van der Waals surface area contributed by atoms with Gasteiger partial charge in [-0.25, -0.2) is 0 Å². The van der Waals surface area contributed by atoms with E-state index in [1.165, 1.54) is 6.26 Å². The lowest BCUT2D eigenvalue weighted by atomic mass is 9.89. The second kappa shape index (κ2) is 6.09. The fraction of sp³-hybridized carbons (Fsp3) is 0.643. The third-order valence-electron chi connectivity index (χ3n) is 3.67. The monoisotopic (exact) mass is 304 g/mol. The van der Waals surface area contributed by atoms with Crippen LogP contribution in [-0.2, 0) is 11.3 Å². The summed E-state index contributed by atoms with van der Waals surface area (Å²) in [4.78, 5) is 13.4. The van der Waals surface area contributed by atoms with Crippen LogP contribution in [-0.4, -0.2) is 35.6 Å². The topological polar surface area (TPSA) is 45.5 Å². The lowest BCUT2D eigenvalue weighted by molar-refractivity contribution is -0.167. The molecule has 7 heteroatoms. The summed E-state index contributed by atoms with van der Waals surface area (Å²) >= 11 is 0. The molecule has 1 aromatic rings. The van der Waals surface area contributed by atoms with Gasteiger partial charge in [0.05, 0.1) is 18.3 Å². The van der Waals surface area contributed by atoms with E-state index in [2.05, 4.69) is 5.32 Å². The number of nitrogens with zero attached hydrogens (tertiary/aromatic N) is 1. The van der Waals surface area contributed by atoms with Crippen molar-refractivity contribution in [3.8, 4) is 0 Å². The molecule has 1 aromatic heterocycles. The number of nitrogens with one attached hydrogen (secondary N) is 1. The summed E-state index contributed by atoms with van der Waals surface area (Å²) in [6, 6.07) is 3.15. The Morgan fingerprint density at radius 1 is 1.48 bits per heavy atom. The van der Waals surface area contributed by atoms with Crippen molar-refractivity contribution < 1.29 is 22.4 Å². The molecule has 1 aliphatic heterocycles.